The molecule has 2 heterocycles. The summed E-state index contributed by atoms with van der Waals surface area (Å²) in [6, 6.07) is 3.71. The number of rotatable bonds is 3. The molecule has 6 heteroatoms. The number of carbonyl (C=O) groups excluding carboxylic acids is 1. The molecule has 1 aliphatic rings. The van der Waals surface area contributed by atoms with Crippen molar-refractivity contribution in [3.63, 3.8) is 0 Å². The number of methoxy groups -OCH3 is 2. The van der Waals surface area contributed by atoms with Crippen molar-refractivity contribution in [2.45, 2.75) is 52.5 Å². The first-order chi connectivity index (χ1) is 12.2. The summed E-state index contributed by atoms with van der Waals surface area (Å²) in [6.45, 7) is 10.5. The van der Waals surface area contributed by atoms with E-state index in [4.69, 9.17) is 14.6 Å². The maximum absolute atomic E-state index is 12.4. The van der Waals surface area contributed by atoms with Crippen LogP contribution in [0.3, 0.4) is 0 Å². The zero-order valence-corrected chi connectivity index (χ0v) is 16.6. The van der Waals surface area contributed by atoms with Gasteiger partial charge in [-0.3, -0.25) is 9.48 Å². The third-order valence-electron chi connectivity index (χ3n) is 4.91. The highest BCUT2D eigenvalue weighted by molar-refractivity contribution is 5.96. The van der Waals surface area contributed by atoms with Crippen molar-refractivity contribution in [3.8, 4) is 11.5 Å². The highest BCUT2D eigenvalue weighted by atomic mass is 16.5. The van der Waals surface area contributed by atoms with Crippen molar-refractivity contribution >= 4 is 11.6 Å². The molecule has 0 aliphatic carbocycles. The second-order valence-corrected chi connectivity index (χ2v) is 7.76. The molecule has 1 aromatic heterocycles. The third kappa shape index (κ3) is 2.93. The molecule has 1 N–H and O–H groups in total. The highest BCUT2D eigenvalue weighted by Crippen LogP contribution is 2.46. The number of benzene rings is 1. The quantitative estimate of drug-likeness (QED) is 0.909. The highest BCUT2D eigenvalue weighted by Gasteiger charge is 2.35. The van der Waals surface area contributed by atoms with E-state index in [9.17, 15) is 4.79 Å². The summed E-state index contributed by atoms with van der Waals surface area (Å²) in [5.74, 6) is 1.25. The Balaban J connectivity index is 2.24. The number of carbonyl (C=O) groups is 1. The summed E-state index contributed by atoms with van der Waals surface area (Å²) in [6.07, 6.45) is 0.368. The number of fused-ring (bicyclic) bond motifs is 1. The number of nitrogens with one attached hydrogen (secondary N) is 1. The maximum atomic E-state index is 12.4. The molecule has 2 aromatic rings. The summed E-state index contributed by atoms with van der Waals surface area (Å²) in [4.78, 5) is 12.4. The largest absolute Gasteiger partial charge is 0.497 e. The molecule has 6 nitrogen and oxygen atoms in total. The Bertz CT molecular complexity index is 862. The Hall–Kier alpha value is -2.50. The van der Waals surface area contributed by atoms with Gasteiger partial charge in [0.05, 0.1) is 31.1 Å². The molecular formula is C20H27N3O3. The molecule has 1 aliphatic heterocycles. The summed E-state index contributed by atoms with van der Waals surface area (Å²) in [5.41, 5.74) is 4.72. The first-order valence-corrected chi connectivity index (χ1v) is 8.79. The van der Waals surface area contributed by atoms with Gasteiger partial charge < -0.3 is 14.8 Å². The fourth-order valence-electron chi connectivity index (χ4n) is 3.90. The molecule has 3 rings (SSSR count). The van der Waals surface area contributed by atoms with Crippen LogP contribution in [-0.2, 0) is 10.3 Å². The topological polar surface area (TPSA) is 65.4 Å². The van der Waals surface area contributed by atoms with Crippen LogP contribution in [0.4, 0.5) is 5.69 Å². The number of aryl methyl sites for hydroxylation is 1. The fourth-order valence-corrected chi connectivity index (χ4v) is 3.90. The van der Waals surface area contributed by atoms with Crippen LogP contribution in [0.5, 0.6) is 11.5 Å². The van der Waals surface area contributed by atoms with E-state index < -0.39 is 0 Å². The van der Waals surface area contributed by atoms with Gasteiger partial charge >= 0.3 is 0 Å². The van der Waals surface area contributed by atoms with E-state index in [0.717, 1.165) is 28.2 Å². The Morgan fingerprint density at radius 1 is 1.15 bits per heavy atom. The molecule has 0 fully saturated rings. The lowest BCUT2D eigenvalue weighted by Crippen LogP contribution is -2.26. The molecular weight excluding hydrogens is 330 g/mol. The molecule has 1 aromatic carbocycles. The van der Waals surface area contributed by atoms with Crippen LogP contribution in [0.2, 0.25) is 0 Å². The second-order valence-electron chi connectivity index (χ2n) is 7.76. The molecule has 26 heavy (non-hydrogen) atoms. The van der Waals surface area contributed by atoms with Gasteiger partial charge in [-0.2, -0.15) is 5.10 Å². The smallest absolute Gasteiger partial charge is 0.225 e. The predicted molar refractivity (Wildman–Crippen MR) is 101 cm³/mol. The lowest BCUT2D eigenvalue weighted by atomic mass is 9.83. The maximum Gasteiger partial charge on any atom is 0.225 e. The van der Waals surface area contributed by atoms with Gasteiger partial charge in [0.25, 0.3) is 0 Å². The Labute approximate surface area is 154 Å². The van der Waals surface area contributed by atoms with E-state index in [2.05, 4.69) is 33.0 Å². The van der Waals surface area contributed by atoms with Crippen molar-refractivity contribution in [2.75, 3.05) is 19.5 Å². The van der Waals surface area contributed by atoms with Gasteiger partial charge in [-0.25, -0.2) is 0 Å². The average Bonchev–Trinajstić information content (AvgIpc) is 2.87. The van der Waals surface area contributed by atoms with Gasteiger partial charge in [0.2, 0.25) is 5.91 Å². The van der Waals surface area contributed by atoms with Gasteiger partial charge in [0, 0.05) is 41.3 Å². The van der Waals surface area contributed by atoms with E-state index >= 15 is 0 Å². The third-order valence-corrected chi connectivity index (χ3v) is 4.91. The Kier molecular flexibility index (Phi) is 4.46. The molecule has 0 saturated carbocycles. The zero-order chi connectivity index (χ0) is 19.2. The average molecular weight is 357 g/mol. The van der Waals surface area contributed by atoms with Gasteiger partial charge in [-0.15, -0.1) is 0 Å². The Morgan fingerprint density at radius 3 is 2.38 bits per heavy atom. The fraction of sp³-hybridized carbons (Fsp3) is 0.500. The zero-order valence-electron chi connectivity index (χ0n) is 16.6. The van der Waals surface area contributed by atoms with E-state index in [1.54, 1.807) is 14.2 Å². The molecule has 140 valence electrons. The molecule has 0 radical (unpaired) electrons. The first kappa shape index (κ1) is 18.3. The number of amides is 1. The second kappa shape index (κ2) is 6.34. The molecule has 0 unspecified atom stereocenters. The van der Waals surface area contributed by atoms with E-state index in [0.29, 0.717) is 17.9 Å². The van der Waals surface area contributed by atoms with Crippen molar-refractivity contribution in [1.29, 1.82) is 0 Å². The standard InChI is InChI=1S/C20H27N3O3/c1-11-18(12(2)23(22-11)20(3,4)5)14-10-17(24)21-15-8-13(25-6)9-16(26-7)19(14)15/h8-9,14H,10H2,1-7H3,(H,21,24)/t14-/m1/s1. The van der Waals surface area contributed by atoms with Crippen LogP contribution in [-0.4, -0.2) is 29.9 Å². The van der Waals surface area contributed by atoms with E-state index in [1.165, 1.54) is 0 Å². The molecule has 0 bridgehead atoms. The van der Waals surface area contributed by atoms with Gasteiger partial charge in [-0.05, 0) is 34.6 Å². The molecule has 1 amide bonds. The van der Waals surface area contributed by atoms with Crippen molar-refractivity contribution in [1.82, 2.24) is 9.78 Å². The Morgan fingerprint density at radius 2 is 1.85 bits per heavy atom. The van der Waals surface area contributed by atoms with Crippen LogP contribution in [0.25, 0.3) is 0 Å². The van der Waals surface area contributed by atoms with Crippen molar-refractivity contribution in [2.24, 2.45) is 0 Å². The lowest BCUT2D eigenvalue weighted by molar-refractivity contribution is -0.116. The summed E-state index contributed by atoms with van der Waals surface area (Å²) >= 11 is 0. The lowest BCUT2D eigenvalue weighted by Gasteiger charge is -2.29. The first-order valence-electron chi connectivity index (χ1n) is 8.79. The van der Waals surface area contributed by atoms with Crippen LogP contribution >= 0.6 is 0 Å². The van der Waals surface area contributed by atoms with Gasteiger partial charge in [-0.1, -0.05) is 0 Å². The minimum Gasteiger partial charge on any atom is -0.497 e. The minimum absolute atomic E-state index is 0.0138. The normalized spacial score (nSPS) is 16.9. The van der Waals surface area contributed by atoms with E-state index in [1.807, 2.05) is 23.7 Å². The van der Waals surface area contributed by atoms with E-state index in [-0.39, 0.29) is 17.4 Å². The van der Waals surface area contributed by atoms with Crippen molar-refractivity contribution < 1.29 is 14.3 Å². The van der Waals surface area contributed by atoms with Crippen LogP contribution in [0.1, 0.15) is 55.6 Å². The minimum atomic E-state index is -0.128. The number of aromatic nitrogens is 2. The van der Waals surface area contributed by atoms with Crippen LogP contribution in [0.15, 0.2) is 12.1 Å². The predicted octanol–water partition coefficient (Wildman–Crippen LogP) is 3.75. The molecule has 0 spiro atoms. The number of anilines is 1. The summed E-state index contributed by atoms with van der Waals surface area (Å²) < 4.78 is 13.0. The number of hydrogen-bond acceptors (Lipinski definition) is 4. The summed E-state index contributed by atoms with van der Waals surface area (Å²) in [7, 11) is 3.24. The molecule has 1 atom stereocenters. The number of ether oxygens (including phenoxy) is 2. The number of hydrogen-bond donors (Lipinski definition) is 1. The van der Waals surface area contributed by atoms with Gasteiger partial charge in [0.1, 0.15) is 11.5 Å². The molecule has 0 saturated heterocycles. The van der Waals surface area contributed by atoms with Crippen molar-refractivity contribution in [3.05, 3.63) is 34.6 Å². The summed E-state index contributed by atoms with van der Waals surface area (Å²) in [5, 5.41) is 7.72. The van der Waals surface area contributed by atoms with Crippen LogP contribution < -0.4 is 14.8 Å². The number of nitrogens with zero attached hydrogens (tertiary/aromatic N) is 2. The monoisotopic (exact) mass is 357 g/mol. The van der Waals surface area contributed by atoms with Crippen LogP contribution in [0, 0.1) is 13.8 Å². The van der Waals surface area contributed by atoms with Gasteiger partial charge in [0.15, 0.2) is 0 Å². The SMILES string of the molecule is COc1cc2c(c(OC)c1)[C@@H](c1c(C)nn(C(C)(C)C)c1C)CC(=O)N2.